The van der Waals surface area contributed by atoms with E-state index in [0.29, 0.717) is 12.0 Å². The highest BCUT2D eigenvalue weighted by Crippen LogP contribution is 2.10. The number of nitrogens with zero attached hydrogens (tertiary/aromatic N) is 2. The monoisotopic (exact) mass is 899 g/mol. The number of carbonyl (C=O) groups is 3. The number of benzene rings is 2. The van der Waals surface area contributed by atoms with Crippen molar-refractivity contribution in [2.24, 2.45) is 21.5 Å². The predicted molar refractivity (Wildman–Crippen MR) is 277 cm³/mol. The normalized spacial score (nSPS) is 10.3. The van der Waals surface area contributed by atoms with Crippen LogP contribution in [0.25, 0.3) is 0 Å². The molecule has 64 heavy (non-hydrogen) atoms. The van der Waals surface area contributed by atoms with E-state index in [1.807, 2.05) is 12.4 Å². The molecule has 0 bridgehead atoms. The molecule has 2 aromatic carbocycles. The third-order valence-corrected chi connectivity index (χ3v) is 9.99. The summed E-state index contributed by atoms with van der Waals surface area (Å²) >= 11 is 0. The Hall–Kier alpha value is -3.57. The molecule has 10 nitrogen and oxygen atoms in total. The minimum Gasteiger partial charge on any atom is -0.497 e. The summed E-state index contributed by atoms with van der Waals surface area (Å²) in [4.78, 5) is 39.4. The van der Waals surface area contributed by atoms with E-state index in [2.05, 4.69) is 34.3 Å². The van der Waals surface area contributed by atoms with Crippen LogP contribution in [0.4, 0.5) is 0 Å². The third kappa shape index (κ3) is 52.8. The molecule has 2 aromatic rings. The summed E-state index contributed by atoms with van der Waals surface area (Å²) in [5.74, 6) is 0.769. The maximum absolute atomic E-state index is 10.2. The van der Waals surface area contributed by atoms with E-state index < -0.39 is 0 Å². The highest BCUT2D eigenvalue weighted by Gasteiger charge is 1.95. The van der Waals surface area contributed by atoms with Gasteiger partial charge in [-0.1, -0.05) is 142 Å². The molecule has 0 aliphatic rings. The number of aldehydes is 3. The molecule has 0 unspecified atom stereocenters. The number of carbonyl (C=O) groups excluding carboxylic acids is 3. The third-order valence-electron chi connectivity index (χ3n) is 9.99. The quantitative estimate of drug-likeness (QED) is 0.0383. The molecular formula is C54H98N4O6. The maximum Gasteiger partial charge on any atom is 0.150 e. The Labute approximate surface area is 393 Å². The van der Waals surface area contributed by atoms with Crippen molar-refractivity contribution >= 4 is 31.3 Å². The van der Waals surface area contributed by atoms with Gasteiger partial charge in [0.2, 0.25) is 0 Å². The van der Waals surface area contributed by atoms with Crippen LogP contribution in [0.15, 0.2) is 58.5 Å². The van der Waals surface area contributed by atoms with Crippen molar-refractivity contribution in [3.8, 4) is 5.75 Å². The lowest BCUT2D eigenvalue weighted by molar-refractivity contribution is -0.108. The van der Waals surface area contributed by atoms with E-state index in [1.54, 1.807) is 45.6 Å². The van der Waals surface area contributed by atoms with Crippen molar-refractivity contribution in [2.75, 3.05) is 60.7 Å². The molecule has 2 rings (SSSR count). The van der Waals surface area contributed by atoms with Gasteiger partial charge in [0.15, 0.2) is 0 Å². The second-order valence-corrected chi connectivity index (χ2v) is 15.6. The molecule has 0 fully saturated rings. The molecule has 0 heterocycles. The SMILES string of the molecule is C.C.COCCCCCCCCN.COCCCCCCCCN=Cc1ccc(C=NCCCCCCCCC=O)cc1.COc1ccc(C=O)cc1.NCCCCCCCCC=O. The first-order valence-electron chi connectivity index (χ1n) is 24.0. The van der Waals surface area contributed by atoms with Crippen LogP contribution in [0.2, 0.25) is 0 Å². The smallest absolute Gasteiger partial charge is 0.150 e. The fourth-order valence-corrected chi connectivity index (χ4v) is 6.16. The number of nitrogens with two attached hydrogens (primary N) is 2. The van der Waals surface area contributed by atoms with Crippen molar-refractivity contribution in [3.05, 3.63) is 65.2 Å². The van der Waals surface area contributed by atoms with Crippen LogP contribution in [-0.2, 0) is 19.1 Å². The summed E-state index contributed by atoms with van der Waals surface area (Å²) in [7, 11) is 5.12. The zero-order valence-corrected chi connectivity index (χ0v) is 39.6. The number of methoxy groups -OCH3 is 3. The Morgan fingerprint density at radius 1 is 0.422 bits per heavy atom. The minimum absolute atomic E-state index is 0. The molecule has 0 amide bonds. The molecule has 0 aromatic heterocycles. The number of rotatable bonds is 38. The van der Waals surface area contributed by atoms with Crippen LogP contribution in [0.3, 0.4) is 0 Å². The molecule has 0 radical (unpaired) electrons. The fraction of sp³-hybridized carbons (Fsp3) is 0.685. The lowest BCUT2D eigenvalue weighted by Crippen LogP contribution is -1.97. The largest absolute Gasteiger partial charge is 0.497 e. The van der Waals surface area contributed by atoms with Crippen LogP contribution < -0.4 is 16.2 Å². The van der Waals surface area contributed by atoms with Crippen LogP contribution in [-0.4, -0.2) is 92.0 Å². The van der Waals surface area contributed by atoms with Crippen LogP contribution in [0.1, 0.15) is 203 Å². The Kier molecular flexibility index (Phi) is 62.2. The number of unbranched alkanes of at least 4 members (excludes halogenated alkanes) is 22. The summed E-state index contributed by atoms with van der Waals surface area (Å²) in [5.41, 5.74) is 13.7. The second-order valence-electron chi connectivity index (χ2n) is 15.6. The fourth-order valence-electron chi connectivity index (χ4n) is 6.16. The summed E-state index contributed by atoms with van der Waals surface area (Å²) in [6.07, 6.45) is 37.6. The highest BCUT2D eigenvalue weighted by molar-refractivity contribution is 5.84. The maximum atomic E-state index is 10.2. The van der Waals surface area contributed by atoms with Gasteiger partial charge in [0.1, 0.15) is 24.6 Å². The molecule has 0 saturated carbocycles. The van der Waals surface area contributed by atoms with E-state index in [-0.39, 0.29) is 14.9 Å². The first kappa shape index (κ1) is 67.0. The van der Waals surface area contributed by atoms with Crippen LogP contribution in [0.5, 0.6) is 5.75 Å². The topological polar surface area (TPSA) is 156 Å². The number of aliphatic imine (C=N–C) groups is 2. The summed E-state index contributed by atoms with van der Waals surface area (Å²) in [6.45, 7) is 5.27. The molecule has 370 valence electrons. The molecule has 0 atom stereocenters. The molecular weight excluding hydrogens is 801 g/mol. The summed E-state index contributed by atoms with van der Waals surface area (Å²) in [6, 6.07) is 15.4. The second kappa shape index (κ2) is 59.4. The Morgan fingerprint density at radius 3 is 1.05 bits per heavy atom. The molecule has 4 N–H and O–H groups in total. The van der Waals surface area contributed by atoms with E-state index >= 15 is 0 Å². The molecule has 0 saturated heterocycles. The van der Waals surface area contributed by atoms with Gasteiger partial charge in [0.05, 0.1) is 7.11 Å². The van der Waals surface area contributed by atoms with E-state index in [9.17, 15) is 14.4 Å². The number of ether oxygens (including phenoxy) is 3. The van der Waals surface area contributed by atoms with Gasteiger partial charge in [-0.25, -0.2) is 0 Å². The molecule has 0 aliphatic heterocycles. The van der Waals surface area contributed by atoms with Crippen molar-refractivity contribution in [2.45, 2.75) is 182 Å². The van der Waals surface area contributed by atoms with Crippen molar-refractivity contribution in [1.29, 1.82) is 0 Å². The van der Waals surface area contributed by atoms with Gasteiger partial charge in [0, 0.05) is 71.4 Å². The standard InChI is InChI=1S/C26H42N2O2.C9H21NO.C9H19NO.C8H8O2.2CH4/c1-30-22-14-10-6-4-8-12-20-28-24-26-17-15-25(16-18-26)23-27-19-11-7-3-2-5-9-13-21-29;1-11-9-7-5-3-2-4-6-8-10;10-8-6-4-2-1-3-5-7-9-11;1-10-8-4-2-7(6-9)3-5-8;;/h15-18,21,23-24H,2-14,19-20,22H2,1H3;2-10H2,1H3;9H,1-8,10H2;2-6H,1H3;2*1H4. The molecule has 10 heteroatoms. The first-order chi connectivity index (χ1) is 30.6. The predicted octanol–water partition coefficient (Wildman–Crippen LogP) is 13.0. The van der Waals surface area contributed by atoms with E-state index in [4.69, 9.17) is 25.7 Å². The van der Waals surface area contributed by atoms with Gasteiger partial charge in [-0.15, -0.1) is 0 Å². The Morgan fingerprint density at radius 2 is 0.734 bits per heavy atom. The zero-order chi connectivity index (χ0) is 45.7. The zero-order valence-electron chi connectivity index (χ0n) is 39.6. The summed E-state index contributed by atoms with van der Waals surface area (Å²) < 4.78 is 14.9. The van der Waals surface area contributed by atoms with Gasteiger partial charge in [-0.3, -0.25) is 14.8 Å². The highest BCUT2D eigenvalue weighted by atomic mass is 16.5. The van der Waals surface area contributed by atoms with Gasteiger partial charge >= 0.3 is 0 Å². The van der Waals surface area contributed by atoms with Gasteiger partial charge in [-0.2, -0.15) is 0 Å². The average Bonchev–Trinajstić information content (AvgIpc) is 3.31. The van der Waals surface area contributed by atoms with Crippen molar-refractivity contribution in [1.82, 2.24) is 0 Å². The van der Waals surface area contributed by atoms with Crippen molar-refractivity contribution in [3.63, 3.8) is 0 Å². The summed E-state index contributed by atoms with van der Waals surface area (Å²) in [5, 5.41) is 0. The number of hydrogen-bond donors (Lipinski definition) is 2. The molecule has 0 spiro atoms. The Bertz CT molecular complexity index is 1250. The Balaban J connectivity index is -0.000000433. The first-order valence-corrected chi connectivity index (χ1v) is 24.0. The van der Waals surface area contributed by atoms with E-state index in [0.717, 1.165) is 107 Å². The molecule has 0 aliphatic carbocycles. The van der Waals surface area contributed by atoms with Gasteiger partial charge in [-0.05, 0) is 99.8 Å². The van der Waals surface area contributed by atoms with Gasteiger partial charge < -0.3 is 35.3 Å². The van der Waals surface area contributed by atoms with Crippen LogP contribution >= 0.6 is 0 Å². The van der Waals surface area contributed by atoms with Crippen LogP contribution in [0, 0.1) is 0 Å². The minimum atomic E-state index is 0. The lowest BCUT2D eigenvalue weighted by atomic mass is 10.1. The van der Waals surface area contributed by atoms with Crippen molar-refractivity contribution < 1.29 is 28.6 Å². The number of hydrogen-bond acceptors (Lipinski definition) is 10. The lowest BCUT2D eigenvalue weighted by Gasteiger charge is -2.00. The average molecular weight is 899 g/mol. The van der Waals surface area contributed by atoms with E-state index in [1.165, 1.54) is 128 Å². The van der Waals surface area contributed by atoms with Gasteiger partial charge in [0.25, 0.3) is 0 Å².